The van der Waals surface area contributed by atoms with Crippen molar-refractivity contribution in [3.8, 4) is 5.75 Å². The number of rotatable bonds is 6. The van der Waals surface area contributed by atoms with Gasteiger partial charge in [-0.2, -0.15) is 0 Å². The number of nitrogens with one attached hydrogen (secondary N) is 1. The van der Waals surface area contributed by atoms with Gasteiger partial charge in [0.1, 0.15) is 5.76 Å². The Hall–Kier alpha value is -4.44. The van der Waals surface area contributed by atoms with Crippen molar-refractivity contribution in [3.63, 3.8) is 0 Å². The third-order valence-corrected chi connectivity index (χ3v) is 8.15. The standard InChI is InChI=1S/C30H30N4O6/c1-16-4-2-5-18-9-22(30(39)32-27(16)18)21(11-25(31)36)29-28(38)24(35)10-20(40-29)15-33-12-17-8-19(14-33)23-6-3-7-26(37)34(23)13-17/h2-7,9-10,17,19,21,38H,8,11-15H2,1H3,(H2,31,36)(H,32,39)/t17-,19+,21?/m1/s1. The van der Waals surface area contributed by atoms with Crippen molar-refractivity contribution in [1.29, 1.82) is 0 Å². The van der Waals surface area contributed by atoms with E-state index in [-0.39, 0.29) is 35.1 Å². The number of piperidine rings is 1. The van der Waals surface area contributed by atoms with Gasteiger partial charge in [-0.05, 0) is 42.3 Å². The molecule has 0 radical (unpaired) electrons. The van der Waals surface area contributed by atoms with Crippen LogP contribution >= 0.6 is 0 Å². The molecule has 206 valence electrons. The van der Waals surface area contributed by atoms with Crippen LogP contribution in [0.15, 0.2) is 67.3 Å². The molecule has 4 aromatic rings. The summed E-state index contributed by atoms with van der Waals surface area (Å²) < 4.78 is 7.96. The van der Waals surface area contributed by atoms with Crippen LogP contribution in [-0.4, -0.2) is 38.6 Å². The number of likely N-dealkylation sites (tertiary alicyclic amines) is 1. The number of hydrogen-bond donors (Lipinski definition) is 3. The first-order chi connectivity index (χ1) is 19.2. The lowest BCUT2D eigenvalue weighted by atomic mass is 9.83. The van der Waals surface area contributed by atoms with E-state index in [0.29, 0.717) is 37.5 Å². The van der Waals surface area contributed by atoms with Crippen LogP contribution in [0.2, 0.25) is 0 Å². The molecule has 2 bridgehead atoms. The lowest BCUT2D eigenvalue weighted by Crippen LogP contribution is -2.46. The molecule has 0 spiro atoms. The number of aromatic amines is 1. The van der Waals surface area contributed by atoms with Crippen LogP contribution < -0.4 is 22.3 Å². The molecule has 10 nitrogen and oxygen atoms in total. The Labute approximate surface area is 228 Å². The van der Waals surface area contributed by atoms with E-state index < -0.39 is 28.6 Å². The van der Waals surface area contributed by atoms with E-state index >= 15 is 0 Å². The largest absolute Gasteiger partial charge is 0.502 e. The molecule has 3 atom stereocenters. The number of nitrogens with two attached hydrogens (primary N) is 1. The summed E-state index contributed by atoms with van der Waals surface area (Å²) in [5, 5.41) is 11.5. The molecular formula is C30H30N4O6. The average molecular weight is 543 g/mol. The normalized spacial score (nSPS) is 19.3. The zero-order valence-corrected chi connectivity index (χ0v) is 22.1. The van der Waals surface area contributed by atoms with Gasteiger partial charge in [-0.1, -0.05) is 24.3 Å². The highest BCUT2D eigenvalue weighted by atomic mass is 16.4. The quantitative estimate of drug-likeness (QED) is 0.338. The Balaban J connectivity index is 1.36. The minimum atomic E-state index is -1.06. The van der Waals surface area contributed by atoms with Gasteiger partial charge in [0.2, 0.25) is 17.1 Å². The molecule has 4 N–H and O–H groups in total. The van der Waals surface area contributed by atoms with Crippen LogP contribution in [0.4, 0.5) is 0 Å². The number of primary amides is 1. The SMILES string of the molecule is Cc1cccc2cc(C(CC(N)=O)c3oc(CN4C[C@H]5C[C@@H](C4)c4cccc(=O)n4C5)cc(=O)c3O)c(=O)[nH]c12. The van der Waals surface area contributed by atoms with E-state index in [9.17, 15) is 24.3 Å². The second-order valence-electron chi connectivity index (χ2n) is 11.0. The third-order valence-electron chi connectivity index (χ3n) is 8.15. The molecule has 3 aromatic heterocycles. The molecule has 0 aliphatic carbocycles. The lowest BCUT2D eigenvalue weighted by Gasteiger charge is -2.42. The van der Waals surface area contributed by atoms with E-state index in [1.54, 1.807) is 18.2 Å². The fourth-order valence-corrected chi connectivity index (χ4v) is 6.42. The van der Waals surface area contributed by atoms with Gasteiger partial charge < -0.3 is 24.8 Å². The lowest BCUT2D eigenvalue weighted by molar-refractivity contribution is -0.118. The molecule has 0 saturated carbocycles. The third kappa shape index (κ3) is 4.64. The maximum absolute atomic E-state index is 13.2. The summed E-state index contributed by atoms with van der Waals surface area (Å²) in [6.45, 7) is 4.19. The minimum absolute atomic E-state index is 0.00848. The van der Waals surface area contributed by atoms with Gasteiger partial charge in [0, 0.05) is 55.4 Å². The molecule has 1 saturated heterocycles. The number of nitrogens with zero attached hydrogens (tertiary/aromatic N) is 2. The van der Waals surface area contributed by atoms with Crippen molar-refractivity contribution < 1.29 is 14.3 Å². The van der Waals surface area contributed by atoms with Gasteiger partial charge in [0.25, 0.3) is 11.1 Å². The van der Waals surface area contributed by atoms with E-state index in [4.69, 9.17) is 10.2 Å². The molecule has 40 heavy (non-hydrogen) atoms. The molecule has 6 rings (SSSR count). The number of H-pyrrole nitrogens is 1. The molecule has 1 aromatic carbocycles. The van der Waals surface area contributed by atoms with E-state index in [2.05, 4.69) is 9.88 Å². The Morgan fingerprint density at radius 3 is 2.73 bits per heavy atom. The summed E-state index contributed by atoms with van der Waals surface area (Å²) in [4.78, 5) is 55.6. The van der Waals surface area contributed by atoms with E-state index in [0.717, 1.165) is 23.1 Å². The molecule has 1 unspecified atom stereocenters. The van der Waals surface area contributed by atoms with Gasteiger partial charge in [0.05, 0.1) is 18.0 Å². The number of aryl methyl sites for hydroxylation is 1. The van der Waals surface area contributed by atoms with E-state index in [1.165, 1.54) is 6.07 Å². The van der Waals surface area contributed by atoms with Gasteiger partial charge in [-0.25, -0.2) is 0 Å². The summed E-state index contributed by atoms with van der Waals surface area (Å²) in [7, 11) is 0. The minimum Gasteiger partial charge on any atom is -0.502 e. The monoisotopic (exact) mass is 542 g/mol. The number of para-hydroxylation sites is 1. The zero-order chi connectivity index (χ0) is 28.1. The average Bonchev–Trinajstić information content (AvgIpc) is 2.90. The van der Waals surface area contributed by atoms with Gasteiger partial charge in [0.15, 0.2) is 5.76 Å². The highest BCUT2D eigenvalue weighted by molar-refractivity contribution is 5.82. The summed E-state index contributed by atoms with van der Waals surface area (Å²) in [5.74, 6) is -1.82. The predicted octanol–water partition coefficient (Wildman–Crippen LogP) is 2.28. The first-order valence-electron chi connectivity index (χ1n) is 13.4. The number of aromatic hydroxyl groups is 1. The number of carbonyl (C=O) groups is 1. The molecule has 2 aliphatic heterocycles. The Bertz CT molecular complexity index is 1820. The molecule has 2 aliphatic rings. The van der Waals surface area contributed by atoms with Gasteiger partial charge >= 0.3 is 0 Å². The smallest absolute Gasteiger partial charge is 0.252 e. The molecular weight excluding hydrogens is 512 g/mol. The number of benzene rings is 1. The van der Waals surface area contributed by atoms with Gasteiger partial charge in [-0.3, -0.25) is 24.1 Å². The molecule has 5 heterocycles. The van der Waals surface area contributed by atoms with Crippen LogP contribution in [-0.2, 0) is 17.9 Å². The van der Waals surface area contributed by atoms with Crippen LogP contribution in [0, 0.1) is 12.8 Å². The van der Waals surface area contributed by atoms with Crippen molar-refractivity contribution in [2.75, 3.05) is 13.1 Å². The maximum atomic E-state index is 13.2. The van der Waals surface area contributed by atoms with Crippen LogP contribution in [0.5, 0.6) is 5.75 Å². The summed E-state index contributed by atoms with van der Waals surface area (Å²) >= 11 is 0. The summed E-state index contributed by atoms with van der Waals surface area (Å²) in [6.07, 6.45) is 0.648. The van der Waals surface area contributed by atoms with Gasteiger partial charge in [-0.15, -0.1) is 0 Å². The first-order valence-corrected chi connectivity index (χ1v) is 13.4. The second-order valence-corrected chi connectivity index (χ2v) is 11.0. The number of aromatic nitrogens is 2. The fraction of sp³-hybridized carbons (Fsp3) is 0.333. The van der Waals surface area contributed by atoms with Crippen molar-refractivity contribution >= 4 is 16.8 Å². The van der Waals surface area contributed by atoms with E-state index in [1.807, 2.05) is 35.8 Å². The molecule has 1 amide bonds. The second kappa shape index (κ2) is 9.95. The number of carbonyl (C=O) groups excluding carboxylic acids is 1. The Morgan fingerprint density at radius 2 is 1.93 bits per heavy atom. The zero-order valence-electron chi connectivity index (χ0n) is 22.1. The molecule has 1 fully saturated rings. The van der Waals surface area contributed by atoms with Crippen molar-refractivity contribution in [2.45, 2.75) is 44.7 Å². The highest BCUT2D eigenvalue weighted by Gasteiger charge is 2.35. The van der Waals surface area contributed by atoms with Crippen LogP contribution in [0.1, 0.15) is 53.0 Å². The summed E-state index contributed by atoms with van der Waals surface area (Å²) in [5.41, 5.74) is 7.15. The molecule has 10 heteroatoms. The number of pyridine rings is 2. The summed E-state index contributed by atoms with van der Waals surface area (Å²) in [6, 6.07) is 13.8. The maximum Gasteiger partial charge on any atom is 0.252 e. The number of fused-ring (bicyclic) bond motifs is 5. The highest BCUT2D eigenvalue weighted by Crippen LogP contribution is 2.36. The number of hydrogen-bond acceptors (Lipinski definition) is 7. The number of amides is 1. The van der Waals surface area contributed by atoms with Crippen LogP contribution in [0.25, 0.3) is 10.9 Å². The van der Waals surface area contributed by atoms with Crippen molar-refractivity contribution in [3.05, 3.63) is 108 Å². The van der Waals surface area contributed by atoms with Crippen LogP contribution in [0.3, 0.4) is 0 Å². The van der Waals surface area contributed by atoms with Crippen molar-refractivity contribution in [1.82, 2.24) is 14.5 Å². The fourth-order valence-electron chi connectivity index (χ4n) is 6.42. The predicted molar refractivity (Wildman–Crippen MR) is 148 cm³/mol. The Kier molecular flexibility index (Phi) is 6.42. The topological polar surface area (TPSA) is 152 Å². The van der Waals surface area contributed by atoms with Crippen molar-refractivity contribution in [2.24, 2.45) is 11.7 Å². The first kappa shape index (κ1) is 25.8. The Morgan fingerprint density at radius 1 is 1.12 bits per heavy atom.